The molecule has 0 spiro atoms. The third-order valence-corrected chi connectivity index (χ3v) is 7.99. The summed E-state index contributed by atoms with van der Waals surface area (Å²) in [6.07, 6.45) is 3.02. The normalized spacial score (nSPS) is 20.1. The number of benzene rings is 1. The Labute approximate surface area is 185 Å². The van der Waals surface area contributed by atoms with Gasteiger partial charge in [0.1, 0.15) is 12.4 Å². The lowest BCUT2D eigenvalue weighted by atomic mass is 9.95. The third-order valence-electron chi connectivity index (χ3n) is 5.70. The molecular formula is C22H23N3O6S. The van der Waals surface area contributed by atoms with Gasteiger partial charge in [-0.25, -0.2) is 13.4 Å². The van der Waals surface area contributed by atoms with E-state index in [9.17, 15) is 13.2 Å². The number of nitrogens with two attached hydrogens (primary N) is 1. The van der Waals surface area contributed by atoms with Gasteiger partial charge in [-0.1, -0.05) is 6.07 Å². The maximum Gasteiger partial charge on any atom is 0.229 e. The van der Waals surface area contributed by atoms with E-state index in [0.29, 0.717) is 23.1 Å². The van der Waals surface area contributed by atoms with Gasteiger partial charge in [-0.15, -0.1) is 0 Å². The van der Waals surface area contributed by atoms with Crippen LogP contribution in [0.2, 0.25) is 0 Å². The minimum absolute atomic E-state index is 0.0229. The van der Waals surface area contributed by atoms with Crippen molar-refractivity contribution in [3.63, 3.8) is 0 Å². The zero-order valence-corrected chi connectivity index (χ0v) is 18.5. The molecule has 1 aliphatic carbocycles. The molecule has 0 saturated heterocycles. The van der Waals surface area contributed by atoms with Gasteiger partial charge in [-0.2, -0.15) is 0 Å². The Morgan fingerprint density at radius 1 is 1.19 bits per heavy atom. The van der Waals surface area contributed by atoms with Crippen LogP contribution in [-0.4, -0.2) is 57.0 Å². The first-order valence-corrected chi connectivity index (χ1v) is 11.4. The highest BCUT2D eigenvalue weighted by Crippen LogP contribution is 2.57. The van der Waals surface area contributed by atoms with Crippen LogP contribution < -0.4 is 15.2 Å². The smallest absolute Gasteiger partial charge is 0.229 e. The van der Waals surface area contributed by atoms with Crippen molar-refractivity contribution in [2.24, 2.45) is 5.73 Å². The topological polar surface area (TPSA) is 131 Å². The van der Waals surface area contributed by atoms with E-state index in [2.05, 4.69) is 9.97 Å². The number of hydrogen-bond donors (Lipinski definition) is 1. The molecule has 1 fully saturated rings. The van der Waals surface area contributed by atoms with Crippen LogP contribution in [0.5, 0.6) is 11.6 Å². The predicted molar refractivity (Wildman–Crippen MR) is 116 cm³/mol. The molecule has 168 valence electrons. The summed E-state index contributed by atoms with van der Waals surface area (Å²) >= 11 is 0. The Kier molecular flexibility index (Phi) is 5.74. The van der Waals surface area contributed by atoms with Gasteiger partial charge in [0.2, 0.25) is 11.8 Å². The van der Waals surface area contributed by atoms with E-state index in [1.165, 1.54) is 32.5 Å². The van der Waals surface area contributed by atoms with Gasteiger partial charge in [-0.3, -0.25) is 9.78 Å². The average Bonchev–Trinajstić information content (AvgIpc) is 3.57. The van der Waals surface area contributed by atoms with E-state index in [4.69, 9.17) is 19.9 Å². The van der Waals surface area contributed by atoms with Crippen molar-refractivity contribution in [2.45, 2.75) is 22.0 Å². The quantitative estimate of drug-likeness (QED) is 0.480. The first-order valence-electron chi connectivity index (χ1n) is 9.90. The largest absolute Gasteiger partial charge is 0.489 e. The monoisotopic (exact) mass is 457 g/mol. The van der Waals surface area contributed by atoms with Gasteiger partial charge in [0.05, 0.1) is 41.0 Å². The van der Waals surface area contributed by atoms with Crippen molar-refractivity contribution >= 4 is 26.6 Å². The number of hydrogen-bond acceptors (Lipinski definition) is 8. The minimum Gasteiger partial charge on any atom is -0.489 e. The van der Waals surface area contributed by atoms with E-state index < -0.39 is 26.4 Å². The van der Waals surface area contributed by atoms with E-state index in [0.717, 1.165) is 0 Å². The predicted octanol–water partition coefficient (Wildman–Crippen LogP) is 1.63. The van der Waals surface area contributed by atoms with E-state index in [1.807, 2.05) is 0 Å². The summed E-state index contributed by atoms with van der Waals surface area (Å²) in [7, 11) is -0.976. The molecule has 0 aliphatic heterocycles. The van der Waals surface area contributed by atoms with Crippen molar-refractivity contribution in [1.29, 1.82) is 0 Å². The summed E-state index contributed by atoms with van der Waals surface area (Å²) in [6.45, 7) is 0.499. The number of ether oxygens (including phenoxy) is 3. The Hall–Kier alpha value is -3.24. The van der Waals surface area contributed by atoms with Crippen LogP contribution in [-0.2, 0) is 24.8 Å². The van der Waals surface area contributed by atoms with Crippen LogP contribution in [0.1, 0.15) is 12.0 Å². The molecular weight excluding hydrogens is 434 g/mol. The Morgan fingerprint density at radius 3 is 2.72 bits per heavy atom. The lowest BCUT2D eigenvalue weighted by molar-refractivity contribution is -0.120. The third kappa shape index (κ3) is 3.55. The van der Waals surface area contributed by atoms with Crippen LogP contribution in [0.25, 0.3) is 10.9 Å². The molecule has 1 aliphatic rings. The van der Waals surface area contributed by atoms with Crippen LogP contribution in [0.15, 0.2) is 53.7 Å². The number of pyridine rings is 2. The molecule has 2 aromatic heterocycles. The molecule has 1 amide bonds. The Balaban J connectivity index is 1.82. The van der Waals surface area contributed by atoms with Crippen molar-refractivity contribution in [2.75, 3.05) is 27.4 Å². The second-order valence-electron chi connectivity index (χ2n) is 7.46. The molecule has 2 unspecified atom stereocenters. The molecule has 1 saturated carbocycles. The molecule has 0 bridgehead atoms. The molecule has 9 nitrogen and oxygen atoms in total. The second-order valence-corrected chi connectivity index (χ2v) is 9.56. The zero-order chi connectivity index (χ0) is 22.9. The standard InChI is InChI=1S/C22H23N3O6S/c1-29-9-10-31-17-13-25-20(30-2)11-15(17)22(21(23)26)12-19(22)32(27,28)18-7-3-6-16-14(18)5-4-8-24-16/h3-8,11,13,19H,9-10,12H2,1-2H3,(H2,23,26). The number of rotatable bonds is 9. The summed E-state index contributed by atoms with van der Waals surface area (Å²) in [4.78, 5) is 21.2. The number of methoxy groups -OCH3 is 2. The SMILES string of the molecule is COCCOc1cnc(OC)cc1C1(C(N)=O)CC1S(=O)(=O)c1cccc2ncccc12. The first kappa shape index (κ1) is 22.0. The first-order chi connectivity index (χ1) is 15.4. The molecule has 4 rings (SSSR count). The zero-order valence-electron chi connectivity index (χ0n) is 17.6. The Bertz CT molecular complexity index is 1270. The highest BCUT2D eigenvalue weighted by molar-refractivity contribution is 7.92. The molecule has 2 N–H and O–H groups in total. The number of carbonyl (C=O) groups excluding carboxylic acids is 1. The number of primary amides is 1. The lowest BCUT2D eigenvalue weighted by Gasteiger charge is -2.19. The summed E-state index contributed by atoms with van der Waals surface area (Å²) in [5.41, 5.74) is 5.21. The fourth-order valence-corrected chi connectivity index (χ4v) is 6.30. The van der Waals surface area contributed by atoms with Crippen molar-refractivity contribution in [1.82, 2.24) is 9.97 Å². The van der Waals surface area contributed by atoms with Gasteiger partial charge in [0.25, 0.3) is 0 Å². The summed E-state index contributed by atoms with van der Waals surface area (Å²) in [6, 6.07) is 9.76. The lowest BCUT2D eigenvalue weighted by Crippen LogP contribution is -2.35. The number of sulfone groups is 1. The van der Waals surface area contributed by atoms with Gasteiger partial charge >= 0.3 is 0 Å². The fourth-order valence-electron chi connectivity index (χ4n) is 3.99. The average molecular weight is 458 g/mol. The van der Waals surface area contributed by atoms with Crippen molar-refractivity contribution in [3.05, 3.63) is 54.4 Å². The van der Waals surface area contributed by atoms with Gasteiger partial charge < -0.3 is 19.9 Å². The number of carbonyl (C=O) groups is 1. The van der Waals surface area contributed by atoms with Crippen LogP contribution in [0.4, 0.5) is 0 Å². The van der Waals surface area contributed by atoms with Crippen molar-refractivity contribution in [3.8, 4) is 11.6 Å². The van der Waals surface area contributed by atoms with Crippen LogP contribution in [0, 0.1) is 0 Å². The molecule has 10 heteroatoms. The molecule has 3 aromatic rings. The van der Waals surface area contributed by atoms with Crippen LogP contribution >= 0.6 is 0 Å². The molecule has 0 radical (unpaired) electrons. The highest BCUT2D eigenvalue weighted by atomic mass is 32.2. The summed E-state index contributed by atoms with van der Waals surface area (Å²) < 4.78 is 43.3. The molecule has 1 aromatic carbocycles. The second kappa shape index (κ2) is 8.36. The molecule has 32 heavy (non-hydrogen) atoms. The minimum atomic E-state index is -3.94. The summed E-state index contributed by atoms with van der Waals surface area (Å²) in [5.74, 6) is -0.273. The maximum absolute atomic E-state index is 13.7. The van der Waals surface area contributed by atoms with E-state index >= 15 is 0 Å². The molecule has 2 heterocycles. The van der Waals surface area contributed by atoms with E-state index in [-0.39, 0.29) is 29.6 Å². The van der Waals surface area contributed by atoms with E-state index in [1.54, 1.807) is 30.5 Å². The fraction of sp³-hybridized carbons (Fsp3) is 0.318. The Morgan fingerprint density at radius 2 is 2.00 bits per heavy atom. The highest BCUT2D eigenvalue weighted by Gasteiger charge is 2.68. The van der Waals surface area contributed by atoms with Crippen molar-refractivity contribution < 1.29 is 27.4 Å². The number of aromatic nitrogens is 2. The van der Waals surface area contributed by atoms with Gasteiger partial charge in [0.15, 0.2) is 9.84 Å². The summed E-state index contributed by atoms with van der Waals surface area (Å²) in [5, 5.41) is -0.570. The van der Waals surface area contributed by atoms with Crippen LogP contribution in [0.3, 0.4) is 0 Å². The molecule has 2 atom stereocenters. The number of fused-ring (bicyclic) bond motifs is 1. The number of amides is 1. The van der Waals surface area contributed by atoms with Gasteiger partial charge in [0, 0.05) is 30.3 Å². The maximum atomic E-state index is 13.7. The van der Waals surface area contributed by atoms with Gasteiger partial charge in [-0.05, 0) is 30.7 Å². The number of nitrogens with zero attached hydrogens (tertiary/aromatic N) is 2.